The van der Waals surface area contributed by atoms with Gasteiger partial charge in [-0.15, -0.1) is 0 Å². The molecule has 0 aliphatic carbocycles. The molecule has 0 aromatic heterocycles. The van der Waals surface area contributed by atoms with Gasteiger partial charge in [0.05, 0.1) is 0 Å². The highest BCUT2D eigenvalue weighted by Gasteiger charge is 2.20. The lowest BCUT2D eigenvalue weighted by Gasteiger charge is -2.32. The zero-order valence-corrected chi connectivity index (χ0v) is 12.7. The molecule has 1 aliphatic rings. The van der Waals surface area contributed by atoms with Crippen molar-refractivity contribution in [1.29, 1.82) is 0 Å². The van der Waals surface area contributed by atoms with E-state index in [2.05, 4.69) is 11.9 Å². The number of hydrogen-bond donors (Lipinski definition) is 1. The van der Waals surface area contributed by atoms with Gasteiger partial charge in [-0.1, -0.05) is 12.8 Å². The Hall–Kier alpha value is -0.610. The number of nitrogens with zero attached hydrogens (tertiary/aromatic N) is 2. The van der Waals surface area contributed by atoms with Crippen molar-refractivity contribution in [2.75, 3.05) is 40.3 Å². The fourth-order valence-electron chi connectivity index (χ4n) is 2.88. The molecule has 0 aromatic rings. The molecular formula is C15H31N3O. The summed E-state index contributed by atoms with van der Waals surface area (Å²) in [4.78, 5) is 16.3. The smallest absolute Gasteiger partial charge is 0.222 e. The molecule has 1 aliphatic heterocycles. The molecule has 1 atom stereocenters. The number of rotatable bonds is 8. The standard InChI is InChI=1S/C15H31N3O/c1-17-11-7-8-14(12-17)13-18(2)15(19)9-5-3-4-6-10-16/h14H,3-13,16H2,1-2H3. The molecule has 1 heterocycles. The fourth-order valence-corrected chi connectivity index (χ4v) is 2.88. The lowest BCUT2D eigenvalue weighted by molar-refractivity contribution is -0.130. The van der Waals surface area contributed by atoms with Gasteiger partial charge in [-0.05, 0) is 51.7 Å². The second kappa shape index (κ2) is 9.32. The van der Waals surface area contributed by atoms with Gasteiger partial charge in [0.1, 0.15) is 0 Å². The van der Waals surface area contributed by atoms with Crippen molar-refractivity contribution in [3.8, 4) is 0 Å². The molecule has 4 heteroatoms. The second-order valence-electron chi connectivity index (χ2n) is 6.00. The van der Waals surface area contributed by atoms with E-state index in [1.165, 1.54) is 19.4 Å². The quantitative estimate of drug-likeness (QED) is 0.682. The van der Waals surface area contributed by atoms with Crippen molar-refractivity contribution in [3.63, 3.8) is 0 Å². The molecule has 0 saturated carbocycles. The zero-order chi connectivity index (χ0) is 14.1. The van der Waals surface area contributed by atoms with Crippen LogP contribution in [0.4, 0.5) is 0 Å². The van der Waals surface area contributed by atoms with Crippen molar-refractivity contribution in [2.24, 2.45) is 11.7 Å². The molecule has 1 amide bonds. The van der Waals surface area contributed by atoms with E-state index in [0.29, 0.717) is 18.2 Å². The summed E-state index contributed by atoms with van der Waals surface area (Å²) in [6, 6.07) is 0. The zero-order valence-electron chi connectivity index (χ0n) is 12.7. The molecule has 1 saturated heterocycles. The van der Waals surface area contributed by atoms with Crippen LogP contribution in [0.5, 0.6) is 0 Å². The van der Waals surface area contributed by atoms with Gasteiger partial charge in [0, 0.05) is 26.6 Å². The number of carbonyl (C=O) groups excluding carboxylic acids is 1. The van der Waals surface area contributed by atoms with Crippen LogP contribution < -0.4 is 5.73 Å². The van der Waals surface area contributed by atoms with Crippen LogP contribution in [0.1, 0.15) is 44.9 Å². The van der Waals surface area contributed by atoms with Crippen LogP contribution in [0.15, 0.2) is 0 Å². The van der Waals surface area contributed by atoms with Gasteiger partial charge in [0.2, 0.25) is 5.91 Å². The summed E-state index contributed by atoms with van der Waals surface area (Å²) in [6.45, 7) is 4.03. The monoisotopic (exact) mass is 269 g/mol. The summed E-state index contributed by atoms with van der Waals surface area (Å²) in [6.07, 6.45) is 7.60. The highest BCUT2D eigenvalue weighted by Crippen LogP contribution is 2.16. The molecule has 0 radical (unpaired) electrons. The number of hydrogen-bond acceptors (Lipinski definition) is 3. The number of unbranched alkanes of at least 4 members (excludes halogenated alkanes) is 3. The van der Waals surface area contributed by atoms with Crippen molar-refractivity contribution < 1.29 is 4.79 Å². The van der Waals surface area contributed by atoms with Gasteiger partial charge in [0.25, 0.3) is 0 Å². The fraction of sp³-hybridized carbons (Fsp3) is 0.933. The Bertz CT molecular complexity index is 258. The normalized spacial score (nSPS) is 20.5. The van der Waals surface area contributed by atoms with Gasteiger partial charge in [-0.25, -0.2) is 0 Å². The molecule has 0 spiro atoms. The van der Waals surface area contributed by atoms with E-state index in [1.807, 2.05) is 11.9 Å². The molecular weight excluding hydrogens is 238 g/mol. The van der Waals surface area contributed by atoms with E-state index in [0.717, 1.165) is 45.3 Å². The first-order chi connectivity index (χ1) is 9.13. The number of amides is 1. The van der Waals surface area contributed by atoms with Crippen molar-refractivity contribution in [2.45, 2.75) is 44.9 Å². The van der Waals surface area contributed by atoms with Gasteiger partial charge in [-0.2, -0.15) is 0 Å². The molecule has 1 unspecified atom stereocenters. The highest BCUT2D eigenvalue weighted by molar-refractivity contribution is 5.75. The van der Waals surface area contributed by atoms with Crippen molar-refractivity contribution in [1.82, 2.24) is 9.80 Å². The minimum absolute atomic E-state index is 0.306. The lowest BCUT2D eigenvalue weighted by Crippen LogP contribution is -2.39. The summed E-state index contributed by atoms with van der Waals surface area (Å²) in [5.41, 5.74) is 5.45. The van der Waals surface area contributed by atoms with Gasteiger partial charge in [-0.3, -0.25) is 4.79 Å². The Balaban J connectivity index is 2.13. The van der Waals surface area contributed by atoms with Gasteiger partial charge in [0.15, 0.2) is 0 Å². The minimum atomic E-state index is 0.306. The van der Waals surface area contributed by atoms with Gasteiger partial charge >= 0.3 is 0 Å². The predicted octanol–water partition coefficient (Wildman–Crippen LogP) is 1.70. The van der Waals surface area contributed by atoms with E-state index in [9.17, 15) is 4.79 Å². The van der Waals surface area contributed by atoms with E-state index < -0.39 is 0 Å². The number of piperidine rings is 1. The van der Waals surface area contributed by atoms with Crippen molar-refractivity contribution in [3.05, 3.63) is 0 Å². The number of carbonyl (C=O) groups is 1. The summed E-state index contributed by atoms with van der Waals surface area (Å²) in [5.74, 6) is 0.964. The lowest BCUT2D eigenvalue weighted by atomic mass is 9.98. The maximum absolute atomic E-state index is 12.0. The van der Waals surface area contributed by atoms with E-state index in [1.54, 1.807) is 0 Å². The largest absolute Gasteiger partial charge is 0.345 e. The summed E-state index contributed by atoms with van der Waals surface area (Å²) >= 11 is 0. The molecule has 2 N–H and O–H groups in total. The summed E-state index contributed by atoms with van der Waals surface area (Å²) < 4.78 is 0. The third-order valence-electron chi connectivity index (χ3n) is 4.02. The molecule has 4 nitrogen and oxygen atoms in total. The molecule has 0 bridgehead atoms. The predicted molar refractivity (Wildman–Crippen MR) is 80.0 cm³/mol. The summed E-state index contributed by atoms with van der Waals surface area (Å²) in [7, 11) is 4.13. The minimum Gasteiger partial charge on any atom is -0.345 e. The highest BCUT2D eigenvalue weighted by atomic mass is 16.2. The molecule has 1 fully saturated rings. The average Bonchev–Trinajstić information content (AvgIpc) is 2.38. The summed E-state index contributed by atoms with van der Waals surface area (Å²) in [5, 5.41) is 0. The van der Waals surface area contributed by atoms with E-state index in [4.69, 9.17) is 5.73 Å². The van der Waals surface area contributed by atoms with Crippen LogP contribution in [0.3, 0.4) is 0 Å². The van der Waals surface area contributed by atoms with Crippen LogP contribution in [-0.2, 0) is 4.79 Å². The Kier molecular flexibility index (Phi) is 8.07. The Morgan fingerprint density at radius 1 is 1.32 bits per heavy atom. The van der Waals surface area contributed by atoms with Crippen LogP contribution in [0.2, 0.25) is 0 Å². The maximum Gasteiger partial charge on any atom is 0.222 e. The van der Waals surface area contributed by atoms with Crippen LogP contribution in [-0.4, -0.2) is 56.0 Å². The van der Waals surface area contributed by atoms with Crippen LogP contribution in [0.25, 0.3) is 0 Å². The third-order valence-corrected chi connectivity index (χ3v) is 4.02. The first kappa shape index (κ1) is 16.4. The second-order valence-corrected chi connectivity index (χ2v) is 6.00. The number of likely N-dealkylation sites (tertiary alicyclic amines) is 1. The Morgan fingerprint density at radius 3 is 2.74 bits per heavy atom. The topological polar surface area (TPSA) is 49.6 Å². The van der Waals surface area contributed by atoms with E-state index in [-0.39, 0.29) is 0 Å². The van der Waals surface area contributed by atoms with Gasteiger partial charge < -0.3 is 15.5 Å². The number of nitrogens with two attached hydrogens (primary N) is 1. The van der Waals surface area contributed by atoms with Crippen molar-refractivity contribution >= 4 is 5.91 Å². The molecule has 19 heavy (non-hydrogen) atoms. The maximum atomic E-state index is 12.0. The average molecular weight is 269 g/mol. The molecule has 0 aromatic carbocycles. The van der Waals surface area contributed by atoms with Crippen LogP contribution >= 0.6 is 0 Å². The Morgan fingerprint density at radius 2 is 2.05 bits per heavy atom. The Labute approximate surface area is 118 Å². The van der Waals surface area contributed by atoms with Crippen LogP contribution in [0, 0.1) is 5.92 Å². The molecule has 1 rings (SSSR count). The van der Waals surface area contributed by atoms with E-state index >= 15 is 0 Å². The molecule has 112 valence electrons. The first-order valence-corrected chi connectivity index (χ1v) is 7.76. The third kappa shape index (κ3) is 6.92. The first-order valence-electron chi connectivity index (χ1n) is 7.76. The SMILES string of the molecule is CN1CCCC(CN(C)C(=O)CCCCCCN)C1.